The van der Waals surface area contributed by atoms with E-state index in [2.05, 4.69) is 37.9 Å². The summed E-state index contributed by atoms with van der Waals surface area (Å²) in [6.07, 6.45) is 1.70. The van der Waals surface area contributed by atoms with Crippen LogP contribution in [0.2, 0.25) is 0 Å². The standard InChI is InChI=1S/C19H25NO2/c1-18(2,3)14-8-7-9-15(12-14)21-16-10-11-20-17(13-16)22-19(4,5)6/h7-13H,1-6H3. The van der Waals surface area contributed by atoms with Gasteiger partial charge >= 0.3 is 0 Å². The lowest BCUT2D eigenvalue weighted by Gasteiger charge is -2.21. The topological polar surface area (TPSA) is 31.4 Å². The Balaban J connectivity index is 2.19. The first kappa shape index (κ1) is 16.3. The fourth-order valence-corrected chi connectivity index (χ4v) is 1.99. The molecule has 0 spiro atoms. The van der Waals surface area contributed by atoms with Crippen LogP contribution in [0.5, 0.6) is 17.4 Å². The minimum absolute atomic E-state index is 0.0954. The van der Waals surface area contributed by atoms with E-state index in [1.54, 1.807) is 6.20 Å². The molecule has 1 aromatic heterocycles. The van der Waals surface area contributed by atoms with Crippen LogP contribution in [0.4, 0.5) is 0 Å². The van der Waals surface area contributed by atoms with Gasteiger partial charge in [-0.25, -0.2) is 4.98 Å². The van der Waals surface area contributed by atoms with Gasteiger partial charge in [-0.05, 0) is 49.9 Å². The second kappa shape index (κ2) is 5.99. The van der Waals surface area contributed by atoms with Crippen LogP contribution in [-0.2, 0) is 5.41 Å². The van der Waals surface area contributed by atoms with Crippen molar-refractivity contribution < 1.29 is 9.47 Å². The largest absolute Gasteiger partial charge is 0.472 e. The summed E-state index contributed by atoms with van der Waals surface area (Å²) in [7, 11) is 0. The van der Waals surface area contributed by atoms with Crippen molar-refractivity contribution in [3.63, 3.8) is 0 Å². The molecule has 2 aromatic rings. The van der Waals surface area contributed by atoms with Gasteiger partial charge in [0.2, 0.25) is 5.88 Å². The Kier molecular flexibility index (Phi) is 4.45. The van der Waals surface area contributed by atoms with E-state index in [0.29, 0.717) is 5.88 Å². The zero-order chi connectivity index (χ0) is 16.4. The molecule has 0 unspecified atom stereocenters. The molecule has 3 nitrogen and oxygen atoms in total. The van der Waals surface area contributed by atoms with E-state index in [9.17, 15) is 0 Å². The van der Waals surface area contributed by atoms with Crippen molar-refractivity contribution in [3.8, 4) is 17.4 Å². The van der Waals surface area contributed by atoms with Crippen LogP contribution in [0.1, 0.15) is 47.1 Å². The molecule has 2 rings (SSSR count). The molecule has 0 N–H and O–H groups in total. The van der Waals surface area contributed by atoms with Crippen LogP contribution >= 0.6 is 0 Å². The molecule has 0 aliphatic carbocycles. The average molecular weight is 299 g/mol. The minimum atomic E-state index is -0.280. The number of rotatable bonds is 3. The lowest BCUT2D eigenvalue weighted by molar-refractivity contribution is 0.124. The summed E-state index contributed by atoms with van der Waals surface area (Å²) in [6, 6.07) is 11.8. The predicted octanol–water partition coefficient (Wildman–Crippen LogP) is 5.35. The lowest BCUT2D eigenvalue weighted by Crippen LogP contribution is -2.23. The van der Waals surface area contributed by atoms with Crippen molar-refractivity contribution in [1.82, 2.24) is 4.98 Å². The van der Waals surface area contributed by atoms with Crippen molar-refractivity contribution in [2.75, 3.05) is 0 Å². The molecule has 118 valence electrons. The molecule has 0 amide bonds. The Hall–Kier alpha value is -2.03. The monoisotopic (exact) mass is 299 g/mol. The van der Waals surface area contributed by atoms with Gasteiger partial charge in [0, 0.05) is 12.3 Å². The van der Waals surface area contributed by atoms with Gasteiger partial charge in [0.25, 0.3) is 0 Å². The first-order valence-electron chi connectivity index (χ1n) is 7.57. The minimum Gasteiger partial charge on any atom is -0.472 e. The highest BCUT2D eigenvalue weighted by Gasteiger charge is 2.15. The van der Waals surface area contributed by atoms with Crippen LogP contribution < -0.4 is 9.47 Å². The SMILES string of the molecule is CC(C)(C)Oc1cc(Oc2cccc(C(C)(C)C)c2)ccn1. The Labute approximate surface area is 133 Å². The number of hydrogen-bond donors (Lipinski definition) is 0. The Morgan fingerprint density at radius 3 is 2.18 bits per heavy atom. The Morgan fingerprint density at radius 1 is 0.864 bits per heavy atom. The third kappa shape index (κ3) is 4.76. The molecule has 1 aromatic carbocycles. The van der Waals surface area contributed by atoms with Gasteiger partial charge in [0.1, 0.15) is 17.1 Å². The molecular formula is C19H25NO2. The smallest absolute Gasteiger partial charge is 0.217 e. The summed E-state index contributed by atoms with van der Waals surface area (Å²) in [5, 5.41) is 0. The van der Waals surface area contributed by atoms with Crippen molar-refractivity contribution in [2.45, 2.75) is 52.6 Å². The molecule has 0 aliphatic rings. The summed E-state index contributed by atoms with van der Waals surface area (Å²) in [6.45, 7) is 12.6. The molecule has 0 bridgehead atoms. The average Bonchev–Trinajstić information content (AvgIpc) is 2.36. The second-order valence-electron chi connectivity index (χ2n) is 7.42. The normalized spacial score (nSPS) is 12.1. The molecular weight excluding hydrogens is 274 g/mol. The van der Waals surface area contributed by atoms with Crippen molar-refractivity contribution in [2.24, 2.45) is 0 Å². The number of pyridine rings is 1. The van der Waals surface area contributed by atoms with Crippen LogP contribution in [0, 0.1) is 0 Å². The maximum atomic E-state index is 5.95. The van der Waals surface area contributed by atoms with Gasteiger partial charge < -0.3 is 9.47 Å². The maximum Gasteiger partial charge on any atom is 0.217 e. The molecule has 22 heavy (non-hydrogen) atoms. The Morgan fingerprint density at radius 2 is 1.55 bits per heavy atom. The van der Waals surface area contributed by atoms with E-state index in [1.165, 1.54) is 5.56 Å². The van der Waals surface area contributed by atoms with Crippen molar-refractivity contribution in [1.29, 1.82) is 0 Å². The second-order valence-corrected chi connectivity index (χ2v) is 7.42. The molecule has 1 heterocycles. The first-order valence-corrected chi connectivity index (χ1v) is 7.57. The van der Waals surface area contributed by atoms with Crippen LogP contribution in [0.3, 0.4) is 0 Å². The first-order chi connectivity index (χ1) is 10.1. The maximum absolute atomic E-state index is 5.95. The van der Waals surface area contributed by atoms with Gasteiger partial charge in [0.15, 0.2) is 0 Å². The van der Waals surface area contributed by atoms with E-state index in [1.807, 2.05) is 45.0 Å². The van der Waals surface area contributed by atoms with Gasteiger partial charge in [-0.15, -0.1) is 0 Å². The number of hydrogen-bond acceptors (Lipinski definition) is 3. The van der Waals surface area contributed by atoms with Crippen LogP contribution in [0.25, 0.3) is 0 Å². The number of aromatic nitrogens is 1. The van der Waals surface area contributed by atoms with Crippen LogP contribution in [0.15, 0.2) is 42.6 Å². The van der Waals surface area contributed by atoms with Gasteiger partial charge in [0.05, 0.1) is 0 Å². The van der Waals surface area contributed by atoms with Crippen LogP contribution in [-0.4, -0.2) is 10.6 Å². The fourth-order valence-electron chi connectivity index (χ4n) is 1.99. The zero-order valence-electron chi connectivity index (χ0n) is 14.3. The predicted molar refractivity (Wildman–Crippen MR) is 89.8 cm³/mol. The summed E-state index contributed by atoms with van der Waals surface area (Å²) < 4.78 is 11.7. The third-order valence-electron chi connectivity index (χ3n) is 3.05. The lowest BCUT2D eigenvalue weighted by atomic mass is 9.87. The number of benzene rings is 1. The van der Waals surface area contributed by atoms with E-state index >= 15 is 0 Å². The van der Waals surface area contributed by atoms with Crippen molar-refractivity contribution >= 4 is 0 Å². The molecule has 0 aliphatic heterocycles. The van der Waals surface area contributed by atoms with Crippen molar-refractivity contribution in [3.05, 3.63) is 48.2 Å². The highest BCUT2D eigenvalue weighted by atomic mass is 16.5. The molecule has 3 heteroatoms. The van der Waals surface area contributed by atoms with E-state index in [4.69, 9.17) is 9.47 Å². The quantitative estimate of drug-likeness (QED) is 0.765. The van der Waals surface area contributed by atoms with E-state index in [-0.39, 0.29) is 11.0 Å². The van der Waals surface area contributed by atoms with E-state index < -0.39 is 0 Å². The number of ether oxygens (including phenoxy) is 2. The summed E-state index contributed by atoms with van der Waals surface area (Å²) in [5.41, 5.74) is 1.06. The van der Waals surface area contributed by atoms with Gasteiger partial charge in [-0.2, -0.15) is 0 Å². The molecule has 0 saturated carbocycles. The van der Waals surface area contributed by atoms with Gasteiger partial charge in [-0.3, -0.25) is 0 Å². The summed E-state index contributed by atoms with van der Waals surface area (Å²) in [5.74, 6) is 2.11. The van der Waals surface area contributed by atoms with Gasteiger partial charge in [-0.1, -0.05) is 32.9 Å². The molecule has 0 fully saturated rings. The fraction of sp³-hybridized carbons (Fsp3) is 0.421. The highest BCUT2D eigenvalue weighted by molar-refractivity contribution is 5.37. The molecule has 0 atom stereocenters. The number of nitrogens with zero attached hydrogens (tertiary/aromatic N) is 1. The molecule has 0 saturated heterocycles. The summed E-state index contributed by atoms with van der Waals surface area (Å²) in [4.78, 5) is 4.22. The Bertz CT molecular complexity index is 636. The third-order valence-corrected chi connectivity index (χ3v) is 3.05. The van der Waals surface area contributed by atoms with E-state index in [0.717, 1.165) is 11.5 Å². The molecule has 0 radical (unpaired) electrons. The summed E-state index contributed by atoms with van der Waals surface area (Å²) >= 11 is 0. The zero-order valence-corrected chi connectivity index (χ0v) is 14.3. The highest BCUT2D eigenvalue weighted by Crippen LogP contribution is 2.29.